The van der Waals surface area contributed by atoms with Gasteiger partial charge in [-0.15, -0.1) is 0 Å². The summed E-state index contributed by atoms with van der Waals surface area (Å²) in [6, 6.07) is 0. The molecule has 0 radical (unpaired) electrons. The van der Waals surface area contributed by atoms with Gasteiger partial charge in [0, 0.05) is 16.6 Å². The molecule has 0 aliphatic rings. The van der Waals surface area contributed by atoms with Gasteiger partial charge in [-0.1, -0.05) is 24.0 Å². The third-order valence-corrected chi connectivity index (χ3v) is 2.53. The van der Waals surface area contributed by atoms with Crippen LogP contribution in [0.4, 0.5) is 0 Å². The van der Waals surface area contributed by atoms with Crippen LogP contribution in [0.15, 0.2) is 0 Å². The van der Waals surface area contributed by atoms with Crippen LogP contribution < -0.4 is 0 Å². The Hall–Kier alpha value is 1.01. The van der Waals surface area contributed by atoms with Gasteiger partial charge in [-0.3, -0.25) is 0 Å². The van der Waals surface area contributed by atoms with E-state index >= 15 is 0 Å². The molecule has 0 aromatic rings. The number of hydrogen-bond acceptors (Lipinski definition) is 3. The van der Waals surface area contributed by atoms with Gasteiger partial charge in [-0.05, 0) is 17.1 Å². The largest absolute Gasteiger partial charge is 0.428 e. The second kappa shape index (κ2) is 9.01. The first-order valence-electron chi connectivity index (χ1n) is 2.89. The van der Waals surface area contributed by atoms with Crippen molar-refractivity contribution in [2.24, 2.45) is 0 Å². The van der Waals surface area contributed by atoms with Crippen LogP contribution in [-0.4, -0.2) is 13.4 Å². The molecule has 5 heteroatoms. The topological polar surface area (TPSA) is 9.23 Å². The first kappa shape index (κ1) is 10.0. The van der Waals surface area contributed by atoms with Crippen LogP contribution in [0.5, 0.6) is 0 Å². The summed E-state index contributed by atoms with van der Waals surface area (Å²) in [6.07, 6.45) is 2.34. The number of hydrogen-bond donors (Lipinski definition) is 0. The number of halogens is 1. The van der Waals surface area contributed by atoms with Gasteiger partial charge in [-0.25, -0.2) is 0 Å². The van der Waals surface area contributed by atoms with Gasteiger partial charge in [0.25, 0.3) is 0 Å². The number of unbranched alkanes of at least 4 members (excludes halogenated alkanes) is 1. The zero-order valence-corrected chi connectivity index (χ0v) is 7.82. The third-order valence-electron chi connectivity index (χ3n) is 0.818. The van der Waals surface area contributed by atoms with E-state index in [1.807, 2.05) is 0 Å². The summed E-state index contributed by atoms with van der Waals surface area (Å²) in [5.74, 6) is 0. The first-order valence-corrected chi connectivity index (χ1v) is 6.04. The van der Waals surface area contributed by atoms with Crippen molar-refractivity contribution in [3.05, 3.63) is 0 Å². The molecule has 0 saturated heterocycles. The molecule has 0 saturated carbocycles. The van der Waals surface area contributed by atoms with E-state index in [1.54, 1.807) is 0 Å². The summed E-state index contributed by atoms with van der Waals surface area (Å²) in [5, 5.41) is 0. The summed E-state index contributed by atoms with van der Waals surface area (Å²) in [7, 11) is 8.06. The summed E-state index contributed by atoms with van der Waals surface area (Å²) in [5.41, 5.74) is 0. The van der Waals surface area contributed by atoms with E-state index in [-0.39, 0.29) is 0 Å². The van der Waals surface area contributed by atoms with Gasteiger partial charge in [0.05, 0.1) is 0 Å². The summed E-state index contributed by atoms with van der Waals surface area (Å²) in [4.78, 5) is 0. The van der Waals surface area contributed by atoms with Gasteiger partial charge in [0.1, 0.15) is 0 Å². The predicted octanol–water partition coefficient (Wildman–Crippen LogP) is 2.60. The molecule has 0 heterocycles. The molecule has 0 rings (SSSR count). The predicted molar refractivity (Wildman–Crippen MR) is 49.0 cm³/mol. The van der Waals surface area contributed by atoms with E-state index < -0.39 is 0 Å². The lowest BCUT2D eigenvalue weighted by Gasteiger charge is -1.96. The third kappa shape index (κ3) is 9.01. The molecule has 1 nitrogen and oxygen atoms in total. The molecule has 0 aromatic heterocycles. The van der Waals surface area contributed by atoms with Gasteiger partial charge in [0.15, 0.2) is 0 Å². The molecule has 0 aliphatic carbocycles. The second-order valence-corrected chi connectivity index (χ2v) is 4.38. The van der Waals surface area contributed by atoms with Gasteiger partial charge >= 0.3 is 6.76 Å². The molecule has 0 bridgehead atoms. The maximum atomic E-state index is 5.31. The average molecular weight is 185 g/mol. The van der Waals surface area contributed by atoms with Crippen molar-refractivity contribution in [1.82, 2.24) is 0 Å². The molecule has 9 heavy (non-hydrogen) atoms. The minimum Gasteiger partial charge on any atom is -0.428 e. The second-order valence-electron chi connectivity index (χ2n) is 1.56. The summed E-state index contributed by atoms with van der Waals surface area (Å²) < 4.78 is 5.17. The summed E-state index contributed by atoms with van der Waals surface area (Å²) in [6.45, 7) is 3.71. The highest BCUT2D eigenvalue weighted by molar-refractivity contribution is 8.92. The first-order chi connectivity index (χ1) is 4.41. The molecule has 0 spiro atoms. The Morgan fingerprint density at radius 1 is 1.67 bits per heavy atom. The van der Waals surface area contributed by atoms with Gasteiger partial charge < -0.3 is 4.65 Å². The van der Waals surface area contributed by atoms with Crippen LogP contribution in [-0.2, 0) is 4.65 Å². The van der Waals surface area contributed by atoms with E-state index in [2.05, 4.69) is 6.92 Å². The fourth-order valence-corrected chi connectivity index (χ4v) is 1.22. The lowest BCUT2D eigenvalue weighted by Crippen LogP contribution is -1.94. The Morgan fingerprint density at radius 3 is 3.00 bits per heavy atom. The Bertz CT molecular complexity index is 51.8. The van der Waals surface area contributed by atoms with Crippen molar-refractivity contribution in [3.8, 4) is 0 Å². The quantitative estimate of drug-likeness (QED) is 0.357. The monoisotopic (exact) mass is 184 g/mol. The highest BCUT2D eigenvalue weighted by Gasteiger charge is 1.89. The summed E-state index contributed by atoms with van der Waals surface area (Å²) >= 11 is 0. The zero-order chi connectivity index (χ0) is 6.95. The Balaban J connectivity index is 2.60. The normalized spacial score (nSPS) is 9.56. The van der Waals surface area contributed by atoms with E-state index in [1.165, 1.54) is 27.1 Å². The van der Waals surface area contributed by atoms with Crippen LogP contribution in [0.25, 0.3) is 0 Å². The highest BCUT2D eigenvalue weighted by Crippen LogP contribution is 2.23. The number of rotatable bonds is 6. The maximum Gasteiger partial charge on any atom is 0.355 e. The van der Waals surface area contributed by atoms with Crippen molar-refractivity contribution < 1.29 is 4.65 Å². The smallest absolute Gasteiger partial charge is 0.355 e. The molecule has 0 aliphatic heterocycles. The Kier molecular flexibility index (Phi) is 10.0. The van der Waals surface area contributed by atoms with E-state index in [0.717, 1.165) is 13.0 Å². The molecule has 0 amide bonds. The average Bonchev–Trinajstić information content (AvgIpc) is 1.89. The highest BCUT2D eigenvalue weighted by atomic mass is 35.7. The van der Waals surface area contributed by atoms with Crippen molar-refractivity contribution >= 4 is 38.1 Å². The van der Waals surface area contributed by atoms with Crippen molar-refractivity contribution in [2.75, 3.05) is 6.61 Å². The lowest BCUT2D eigenvalue weighted by atomic mass is 10.3. The van der Waals surface area contributed by atoms with Crippen LogP contribution in [0, 0.1) is 0 Å². The molecular formula is C4H10BClOS2. The van der Waals surface area contributed by atoms with E-state index in [9.17, 15) is 0 Å². The van der Waals surface area contributed by atoms with Crippen LogP contribution in [0.2, 0.25) is 0 Å². The molecule has 0 unspecified atom stereocenters. The van der Waals surface area contributed by atoms with Crippen molar-refractivity contribution in [2.45, 2.75) is 19.8 Å². The Morgan fingerprint density at radius 2 is 2.44 bits per heavy atom. The SMILES string of the molecule is CCCCOBSSCl. The molecule has 0 atom stereocenters. The molecule has 0 N–H and O–H groups in total. The van der Waals surface area contributed by atoms with Gasteiger partial charge in [0.2, 0.25) is 0 Å². The fourth-order valence-electron chi connectivity index (χ4n) is 0.358. The van der Waals surface area contributed by atoms with Crippen molar-refractivity contribution in [3.63, 3.8) is 0 Å². The minimum absolute atomic E-state index is 0.703. The standard InChI is InChI=1S/C4H10BClOS2/c1-2-3-4-7-5-8-9-6/h5H,2-4H2,1H3. The van der Waals surface area contributed by atoms with Crippen LogP contribution in [0.1, 0.15) is 19.8 Å². The molecular weight excluding hydrogens is 174 g/mol. The van der Waals surface area contributed by atoms with Crippen LogP contribution in [0.3, 0.4) is 0 Å². The minimum atomic E-state index is 0.703. The zero-order valence-electron chi connectivity index (χ0n) is 5.43. The van der Waals surface area contributed by atoms with Gasteiger partial charge in [-0.2, -0.15) is 0 Å². The van der Waals surface area contributed by atoms with Crippen LogP contribution >= 0.6 is 31.3 Å². The molecule has 54 valence electrons. The Labute approximate surface area is 69.3 Å². The molecule has 0 aromatic carbocycles. The maximum absolute atomic E-state index is 5.31. The van der Waals surface area contributed by atoms with E-state index in [4.69, 9.17) is 15.3 Å². The fraction of sp³-hybridized carbons (Fsp3) is 1.00. The molecule has 0 fully saturated rings. The van der Waals surface area contributed by atoms with E-state index in [0.29, 0.717) is 6.76 Å². The lowest BCUT2D eigenvalue weighted by molar-refractivity contribution is 0.336. The van der Waals surface area contributed by atoms with Crippen molar-refractivity contribution in [1.29, 1.82) is 0 Å².